The largest absolute Gasteiger partial charge is 0.456 e. The molecule has 0 atom stereocenters. The lowest BCUT2D eigenvalue weighted by Gasteiger charge is -2.10. The van der Waals surface area contributed by atoms with E-state index in [1.54, 1.807) is 31.3 Å². The number of para-hydroxylation sites is 1. The highest BCUT2D eigenvalue weighted by Crippen LogP contribution is 2.11. The molecular weight excluding hydrogens is 370 g/mol. The molecule has 1 heterocycles. The molecule has 7 heteroatoms. The summed E-state index contributed by atoms with van der Waals surface area (Å²) in [6.45, 7) is 1.67. The minimum Gasteiger partial charge on any atom is -0.456 e. The Morgan fingerprint density at radius 2 is 1.93 bits per heavy atom. The predicted molar refractivity (Wildman–Crippen MR) is 111 cm³/mol. The van der Waals surface area contributed by atoms with Crippen molar-refractivity contribution in [1.82, 2.24) is 9.55 Å². The van der Waals surface area contributed by atoms with Gasteiger partial charge in [0.2, 0.25) is 0 Å². The average Bonchev–Trinajstić information content (AvgIpc) is 2.74. The number of ether oxygens (including phenoxy) is 1. The molecule has 29 heavy (non-hydrogen) atoms. The van der Waals surface area contributed by atoms with Crippen molar-refractivity contribution in [3.63, 3.8) is 0 Å². The third-order valence-corrected chi connectivity index (χ3v) is 4.61. The average molecular weight is 393 g/mol. The van der Waals surface area contributed by atoms with Gasteiger partial charge in [-0.25, -0.2) is 4.98 Å². The maximum absolute atomic E-state index is 12.4. The Labute approximate surface area is 168 Å². The van der Waals surface area contributed by atoms with Crippen LogP contribution in [0.1, 0.15) is 24.7 Å². The number of anilines is 1. The Morgan fingerprint density at radius 3 is 2.72 bits per heavy atom. The number of carbonyl (C=O) groups excluding carboxylic acids is 2. The van der Waals surface area contributed by atoms with Gasteiger partial charge in [-0.2, -0.15) is 0 Å². The van der Waals surface area contributed by atoms with E-state index in [4.69, 9.17) is 4.74 Å². The summed E-state index contributed by atoms with van der Waals surface area (Å²) in [5.41, 5.74) is 2.20. The van der Waals surface area contributed by atoms with Crippen LogP contribution in [0.4, 0.5) is 5.69 Å². The highest BCUT2D eigenvalue weighted by Gasteiger charge is 2.12. The van der Waals surface area contributed by atoms with E-state index in [9.17, 15) is 14.4 Å². The van der Waals surface area contributed by atoms with Crippen molar-refractivity contribution in [2.24, 2.45) is 7.05 Å². The summed E-state index contributed by atoms with van der Waals surface area (Å²) < 4.78 is 6.48. The molecule has 0 aliphatic carbocycles. The van der Waals surface area contributed by atoms with Gasteiger partial charge in [-0.3, -0.25) is 19.0 Å². The summed E-state index contributed by atoms with van der Waals surface area (Å²) in [6, 6.07) is 14.6. The molecule has 0 bridgehead atoms. The fraction of sp³-hybridized carbons (Fsp3) is 0.273. The molecule has 1 amide bonds. The van der Waals surface area contributed by atoms with E-state index in [2.05, 4.69) is 10.3 Å². The predicted octanol–water partition coefficient (Wildman–Crippen LogP) is 2.61. The molecule has 3 aromatic rings. The minimum absolute atomic E-state index is 0.0250. The van der Waals surface area contributed by atoms with Gasteiger partial charge in [-0.15, -0.1) is 0 Å². The topological polar surface area (TPSA) is 90.3 Å². The minimum atomic E-state index is -0.523. The summed E-state index contributed by atoms with van der Waals surface area (Å²) in [7, 11) is 1.63. The normalized spacial score (nSPS) is 10.7. The summed E-state index contributed by atoms with van der Waals surface area (Å²) in [5.74, 6) is -0.431. The van der Waals surface area contributed by atoms with Crippen LogP contribution in [0.15, 0.2) is 53.3 Å². The molecule has 0 fully saturated rings. The van der Waals surface area contributed by atoms with Crippen molar-refractivity contribution in [3.05, 3.63) is 70.3 Å². The highest BCUT2D eigenvalue weighted by atomic mass is 16.5. The van der Waals surface area contributed by atoms with Gasteiger partial charge in [0.15, 0.2) is 6.61 Å². The standard InChI is InChI=1S/C22H23N3O4/c1-3-15-7-6-8-16(13-15)23-20(26)14-29-21(27)12-11-19-24-18-10-5-4-9-17(18)22(28)25(19)2/h4-10,13H,3,11-12,14H2,1-2H3,(H,23,26). The molecule has 2 aromatic carbocycles. The first-order valence-corrected chi connectivity index (χ1v) is 9.47. The van der Waals surface area contributed by atoms with E-state index in [1.165, 1.54) is 4.57 Å². The van der Waals surface area contributed by atoms with Crippen molar-refractivity contribution in [2.75, 3.05) is 11.9 Å². The summed E-state index contributed by atoms with van der Waals surface area (Å²) in [5, 5.41) is 3.24. The van der Waals surface area contributed by atoms with Crippen LogP contribution in [-0.2, 0) is 34.2 Å². The molecule has 150 valence electrons. The number of hydrogen-bond acceptors (Lipinski definition) is 5. The number of hydrogen-bond donors (Lipinski definition) is 1. The Bertz CT molecular complexity index is 1100. The Morgan fingerprint density at radius 1 is 1.14 bits per heavy atom. The molecule has 0 saturated carbocycles. The number of fused-ring (bicyclic) bond motifs is 1. The van der Waals surface area contributed by atoms with Crippen LogP contribution < -0.4 is 10.9 Å². The molecular formula is C22H23N3O4. The van der Waals surface area contributed by atoms with E-state index in [1.807, 2.05) is 31.2 Å². The lowest BCUT2D eigenvalue weighted by molar-refractivity contribution is -0.147. The number of aromatic nitrogens is 2. The molecule has 1 N–H and O–H groups in total. The van der Waals surface area contributed by atoms with Gasteiger partial charge in [0.25, 0.3) is 11.5 Å². The number of benzene rings is 2. The number of nitrogens with zero attached hydrogens (tertiary/aromatic N) is 2. The van der Waals surface area contributed by atoms with E-state index in [0.717, 1.165) is 12.0 Å². The van der Waals surface area contributed by atoms with E-state index in [0.29, 0.717) is 22.4 Å². The zero-order chi connectivity index (χ0) is 20.8. The van der Waals surface area contributed by atoms with E-state index in [-0.39, 0.29) is 25.0 Å². The molecule has 0 spiro atoms. The van der Waals surface area contributed by atoms with Crippen molar-refractivity contribution in [2.45, 2.75) is 26.2 Å². The second-order valence-electron chi connectivity index (χ2n) is 6.67. The molecule has 1 aromatic heterocycles. The fourth-order valence-electron chi connectivity index (χ4n) is 2.99. The first-order chi connectivity index (χ1) is 14.0. The number of amides is 1. The number of aryl methyl sites for hydroxylation is 2. The first-order valence-electron chi connectivity index (χ1n) is 9.47. The fourth-order valence-corrected chi connectivity index (χ4v) is 2.99. The summed E-state index contributed by atoms with van der Waals surface area (Å²) >= 11 is 0. The number of nitrogens with one attached hydrogen (secondary N) is 1. The van der Waals surface area contributed by atoms with E-state index < -0.39 is 11.9 Å². The molecule has 0 radical (unpaired) electrons. The molecule has 0 unspecified atom stereocenters. The van der Waals surface area contributed by atoms with Crippen LogP contribution in [-0.4, -0.2) is 28.0 Å². The SMILES string of the molecule is CCc1cccc(NC(=O)COC(=O)CCc2nc3ccccc3c(=O)n2C)c1. The zero-order valence-electron chi connectivity index (χ0n) is 16.5. The van der Waals surface area contributed by atoms with Crippen LogP contribution in [0.2, 0.25) is 0 Å². The van der Waals surface area contributed by atoms with Gasteiger partial charge in [0.1, 0.15) is 5.82 Å². The van der Waals surface area contributed by atoms with Crippen LogP contribution in [0.5, 0.6) is 0 Å². The number of esters is 1. The zero-order valence-corrected chi connectivity index (χ0v) is 16.5. The van der Waals surface area contributed by atoms with Gasteiger partial charge in [0.05, 0.1) is 17.3 Å². The van der Waals surface area contributed by atoms with Gasteiger partial charge in [0, 0.05) is 19.2 Å². The van der Waals surface area contributed by atoms with Gasteiger partial charge in [-0.1, -0.05) is 31.2 Å². The van der Waals surface area contributed by atoms with Crippen molar-refractivity contribution >= 4 is 28.5 Å². The van der Waals surface area contributed by atoms with Gasteiger partial charge in [-0.05, 0) is 36.2 Å². The third-order valence-electron chi connectivity index (χ3n) is 4.61. The number of rotatable bonds is 7. The van der Waals surface area contributed by atoms with Crippen LogP contribution >= 0.6 is 0 Å². The van der Waals surface area contributed by atoms with Crippen molar-refractivity contribution in [1.29, 1.82) is 0 Å². The second kappa shape index (κ2) is 9.14. The highest BCUT2D eigenvalue weighted by molar-refractivity contribution is 5.92. The van der Waals surface area contributed by atoms with Gasteiger partial charge < -0.3 is 10.1 Å². The lowest BCUT2D eigenvalue weighted by Crippen LogP contribution is -2.24. The van der Waals surface area contributed by atoms with Crippen molar-refractivity contribution in [3.8, 4) is 0 Å². The van der Waals surface area contributed by atoms with Crippen LogP contribution in [0.25, 0.3) is 10.9 Å². The molecule has 7 nitrogen and oxygen atoms in total. The number of carbonyl (C=O) groups is 2. The first kappa shape index (κ1) is 20.3. The summed E-state index contributed by atoms with van der Waals surface area (Å²) in [4.78, 5) is 40.8. The van der Waals surface area contributed by atoms with Crippen LogP contribution in [0, 0.1) is 0 Å². The molecule has 0 aliphatic rings. The second-order valence-corrected chi connectivity index (χ2v) is 6.67. The van der Waals surface area contributed by atoms with Crippen molar-refractivity contribution < 1.29 is 14.3 Å². The monoisotopic (exact) mass is 393 g/mol. The summed E-state index contributed by atoms with van der Waals surface area (Å²) in [6.07, 6.45) is 1.14. The Hall–Kier alpha value is -3.48. The Balaban J connectivity index is 1.53. The lowest BCUT2D eigenvalue weighted by atomic mass is 10.1. The molecule has 3 rings (SSSR count). The smallest absolute Gasteiger partial charge is 0.306 e. The third kappa shape index (κ3) is 5.07. The van der Waals surface area contributed by atoms with Crippen LogP contribution in [0.3, 0.4) is 0 Å². The maximum atomic E-state index is 12.4. The van der Waals surface area contributed by atoms with Gasteiger partial charge >= 0.3 is 5.97 Å². The van der Waals surface area contributed by atoms with E-state index >= 15 is 0 Å². The quantitative estimate of drug-likeness (QED) is 0.623. The Kier molecular flexibility index (Phi) is 6.39. The molecule has 0 aliphatic heterocycles. The molecule has 0 saturated heterocycles. The maximum Gasteiger partial charge on any atom is 0.306 e.